The highest BCUT2D eigenvalue weighted by Gasteiger charge is 2.23. The third kappa shape index (κ3) is 3.10. The lowest BCUT2D eigenvalue weighted by Crippen LogP contribution is -2.40. The molecular formula is C17H23N3O. The van der Waals surface area contributed by atoms with Crippen LogP contribution in [-0.4, -0.2) is 41.1 Å². The van der Waals surface area contributed by atoms with Crippen molar-refractivity contribution in [2.24, 2.45) is 0 Å². The second-order valence-electron chi connectivity index (χ2n) is 5.73. The number of likely N-dealkylation sites (N-methyl/N-ethyl adjacent to an activating group) is 1. The van der Waals surface area contributed by atoms with Gasteiger partial charge in [-0.05, 0) is 43.5 Å². The van der Waals surface area contributed by atoms with Crippen LogP contribution >= 0.6 is 0 Å². The van der Waals surface area contributed by atoms with E-state index in [0.29, 0.717) is 12.6 Å². The number of para-hydroxylation sites is 1. The first kappa shape index (κ1) is 14.1. The van der Waals surface area contributed by atoms with E-state index >= 15 is 0 Å². The van der Waals surface area contributed by atoms with Gasteiger partial charge in [0.05, 0.1) is 0 Å². The van der Waals surface area contributed by atoms with Crippen molar-refractivity contribution >= 4 is 16.8 Å². The Morgan fingerprint density at radius 1 is 1.33 bits per heavy atom. The second kappa shape index (κ2) is 6.31. The first-order valence-electron chi connectivity index (χ1n) is 7.82. The molecule has 0 radical (unpaired) electrons. The Bertz CT molecular complexity index is 619. The predicted octanol–water partition coefficient (Wildman–Crippen LogP) is 2.24. The number of nitrogens with zero attached hydrogens (tertiary/aromatic N) is 2. The van der Waals surface area contributed by atoms with Crippen molar-refractivity contribution in [3.63, 3.8) is 0 Å². The van der Waals surface area contributed by atoms with Crippen molar-refractivity contribution in [1.29, 1.82) is 0 Å². The van der Waals surface area contributed by atoms with E-state index in [0.717, 1.165) is 18.6 Å². The number of amides is 1. The molecule has 1 aliphatic heterocycles. The fourth-order valence-corrected chi connectivity index (χ4v) is 3.26. The van der Waals surface area contributed by atoms with Crippen LogP contribution in [0.3, 0.4) is 0 Å². The fourth-order valence-electron chi connectivity index (χ4n) is 3.26. The van der Waals surface area contributed by atoms with Gasteiger partial charge < -0.3 is 9.88 Å². The van der Waals surface area contributed by atoms with Gasteiger partial charge in [0.15, 0.2) is 0 Å². The van der Waals surface area contributed by atoms with E-state index in [1.165, 1.54) is 24.8 Å². The average molecular weight is 285 g/mol. The monoisotopic (exact) mass is 285 g/mol. The van der Waals surface area contributed by atoms with Crippen LogP contribution in [0.5, 0.6) is 0 Å². The summed E-state index contributed by atoms with van der Waals surface area (Å²) in [5.74, 6) is 0.0966. The summed E-state index contributed by atoms with van der Waals surface area (Å²) in [6.45, 7) is 5.59. The van der Waals surface area contributed by atoms with Gasteiger partial charge in [-0.3, -0.25) is 9.69 Å². The van der Waals surface area contributed by atoms with Gasteiger partial charge in [-0.25, -0.2) is 0 Å². The van der Waals surface area contributed by atoms with E-state index in [2.05, 4.69) is 35.3 Å². The molecule has 0 saturated carbocycles. The highest BCUT2D eigenvalue weighted by Crippen LogP contribution is 2.16. The van der Waals surface area contributed by atoms with Gasteiger partial charge in [0.2, 0.25) is 5.91 Å². The molecule has 1 amide bonds. The minimum absolute atomic E-state index is 0.0966. The van der Waals surface area contributed by atoms with Crippen molar-refractivity contribution in [3.8, 4) is 0 Å². The maximum atomic E-state index is 12.2. The average Bonchev–Trinajstić information content (AvgIpc) is 3.12. The standard InChI is InChI=1S/C17H23N3O/c1-2-19-10-5-7-15(19)12-18-17(21)13-20-11-9-14-6-3-4-8-16(14)20/h3-4,6,8-9,11,15H,2,5,7,10,12-13H2,1H3,(H,18,21). The zero-order valence-electron chi connectivity index (χ0n) is 12.6. The second-order valence-corrected chi connectivity index (χ2v) is 5.73. The van der Waals surface area contributed by atoms with Crippen molar-refractivity contribution in [3.05, 3.63) is 36.5 Å². The molecule has 2 aromatic rings. The number of rotatable bonds is 5. The molecule has 0 aliphatic carbocycles. The van der Waals surface area contributed by atoms with Crippen molar-refractivity contribution < 1.29 is 4.79 Å². The molecule has 0 bridgehead atoms. The highest BCUT2D eigenvalue weighted by atomic mass is 16.1. The van der Waals surface area contributed by atoms with Crippen LogP contribution in [0.15, 0.2) is 36.5 Å². The Kier molecular flexibility index (Phi) is 4.25. The number of aromatic nitrogens is 1. The molecule has 1 aromatic heterocycles. The number of hydrogen-bond acceptors (Lipinski definition) is 2. The summed E-state index contributed by atoms with van der Waals surface area (Å²) in [7, 11) is 0. The Balaban J connectivity index is 1.57. The molecule has 1 aromatic carbocycles. The van der Waals surface area contributed by atoms with Crippen LogP contribution in [0.1, 0.15) is 19.8 Å². The lowest BCUT2D eigenvalue weighted by atomic mass is 10.2. The topological polar surface area (TPSA) is 37.3 Å². The SMILES string of the molecule is CCN1CCCC1CNC(=O)Cn1ccc2ccccc21. The Labute approximate surface area is 125 Å². The van der Waals surface area contributed by atoms with Gasteiger partial charge in [0.25, 0.3) is 0 Å². The summed E-state index contributed by atoms with van der Waals surface area (Å²) >= 11 is 0. The number of likely N-dealkylation sites (tertiary alicyclic amines) is 1. The maximum absolute atomic E-state index is 12.2. The molecule has 3 rings (SSSR count). The highest BCUT2D eigenvalue weighted by molar-refractivity contribution is 5.83. The first-order valence-corrected chi connectivity index (χ1v) is 7.82. The third-order valence-electron chi connectivity index (χ3n) is 4.43. The fraction of sp³-hybridized carbons (Fsp3) is 0.471. The Morgan fingerprint density at radius 2 is 2.19 bits per heavy atom. The minimum Gasteiger partial charge on any atom is -0.353 e. The van der Waals surface area contributed by atoms with Crippen LogP contribution in [-0.2, 0) is 11.3 Å². The molecule has 4 heteroatoms. The zero-order chi connectivity index (χ0) is 14.7. The quantitative estimate of drug-likeness (QED) is 0.915. The maximum Gasteiger partial charge on any atom is 0.239 e. The smallest absolute Gasteiger partial charge is 0.239 e. The summed E-state index contributed by atoms with van der Waals surface area (Å²) in [5.41, 5.74) is 1.11. The van der Waals surface area contributed by atoms with E-state index < -0.39 is 0 Å². The largest absolute Gasteiger partial charge is 0.353 e. The van der Waals surface area contributed by atoms with Crippen LogP contribution < -0.4 is 5.32 Å². The summed E-state index contributed by atoms with van der Waals surface area (Å²) in [6.07, 6.45) is 4.43. The third-order valence-corrected chi connectivity index (χ3v) is 4.43. The number of carbonyl (C=O) groups excluding carboxylic acids is 1. The normalized spacial score (nSPS) is 19.2. The van der Waals surface area contributed by atoms with Gasteiger partial charge in [-0.2, -0.15) is 0 Å². The van der Waals surface area contributed by atoms with Crippen molar-refractivity contribution in [2.45, 2.75) is 32.4 Å². The van der Waals surface area contributed by atoms with Crippen LogP contribution in [0.25, 0.3) is 10.9 Å². The van der Waals surface area contributed by atoms with Crippen LogP contribution in [0.2, 0.25) is 0 Å². The van der Waals surface area contributed by atoms with Crippen LogP contribution in [0.4, 0.5) is 0 Å². The molecule has 1 atom stereocenters. The molecule has 4 nitrogen and oxygen atoms in total. The molecule has 0 spiro atoms. The molecule has 2 heterocycles. The summed E-state index contributed by atoms with van der Waals surface area (Å²) < 4.78 is 2.01. The predicted molar refractivity (Wildman–Crippen MR) is 85.2 cm³/mol. The van der Waals surface area contributed by atoms with Crippen LogP contribution in [0, 0.1) is 0 Å². The van der Waals surface area contributed by atoms with Gasteiger partial charge in [0.1, 0.15) is 6.54 Å². The van der Waals surface area contributed by atoms with Gasteiger partial charge in [-0.15, -0.1) is 0 Å². The number of benzene rings is 1. The summed E-state index contributed by atoms with van der Waals surface area (Å²) in [5, 5.41) is 4.27. The first-order chi connectivity index (χ1) is 10.3. The summed E-state index contributed by atoms with van der Waals surface area (Å²) in [4.78, 5) is 14.6. The molecule has 1 aliphatic rings. The lowest BCUT2D eigenvalue weighted by molar-refractivity contribution is -0.121. The van der Waals surface area contributed by atoms with Crippen molar-refractivity contribution in [1.82, 2.24) is 14.8 Å². The molecule has 1 N–H and O–H groups in total. The Morgan fingerprint density at radius 3 is 3.05 bits per heavy atom. The van der Waals surface area contributed by atoms with Gasteiger partial charge in [-0.1, -0.05) is 25.1 Å². The van der Waals surface area contributed by atoms with Gasteiger partial charge >= 0.3 is 0 Å². The number of hydrogen-bond donors (Lipinski definition) is 1. The number of nitrogens with one attached hydrogen (secondary N) is 1. The van der Waals surface area contributed by atoms with E-state index in [4.69, 9.17) is 0 Å². The Hall–Kier alpha value is -1.81. The lowest BCUT2D eigenvalue weighted by Gasteiger charge is -2.22. The van der Waals surface area contributed by atoms with E-state index in [-0.39, 0.29) is 5.91 Å². The molecule has 1 fully saturated rings. The zero-order valence-corrected chi connectivity index (χ0v) is 12.6. The van der Waals surface area contributed by atoms with Crippen molar-refractivity contribution in [2.75, 3.05) is 19.6 Å². The summed E-state index contributed by atoms with van der Waals surface area (Å²) in [6, 6.07) is 10.7. The number of carbonyl (C=O) groups is 1. The molecular weight excluding hydrogens is 262 g/mol. The minimum atomic E-state index is 0.0966. The van der Waals surface area contributed by atoms with E-state index in [1.807, 2.05) is 22.9 Å². The molecule has 1 unspecified atom stereocenters. The molecule has 112 valence electrons. The number of fused-ring (bicyclic) bond motifs is 1. The molecule has 1 saturated heterocycles. The van der Waals surface area contributed by atoms with E-state index in [9.17, 15) is 4.79 Å². The van der Waals surface area contributed by atoms with Gasteiger partial charge in [0, 0.05) is 24.3 Å². The van der Waals surface area contributed by atoms with E-state index in [1.54, 1.807) is 0 Å². The molecule has 21 heavy (non-hydrogen) atoms.